The summed E-state index contributed by atoms with van der Waals surface area (Å²) in [5, 5.41) is 3.45. The molecule has 2 fully saturated rings. The molecule has 2 heterocycles. The molecular formula is C29H38F3N3O. The summed E-state index contributed by atoms with van der Waals surface area (Å²) in [5.74, 6) is 1.50. The Hall–Kier alpha value is -2.38. The highest BCUT2D eigenvalue weighted by Crippen LogP contribution is 2.35. The van der Waals surface area contributed by atoms with Crippen molar-refractivity contribution in [2.75, 3.05) is 39.8 Å². The van der Waals surface area contributed by atoms with Crippen LogP contribution >= 0.6 is 0 Å². The molecule has 2 aromatic carbocycles. The zero-order valence-corrected chi connectivity index (χ0v) is 21.4. The number of aryl methyl sites for hydroxylation is 1. The van der Waals surface area contributed by atoms with Crippen molar-refractivity contribution in [1.29, 1.82) is 0 Å². The average Bonchev–Trinajstić information content (AvgIpc) is 2.88. The van der Waals surface area contributed by atoms with Crippen molar-refractivity contribution >= 4 is 5.91 Å². The van der Waals surface area contributed by atoms with Gasteiger partial charge >= 0.3 is 6.18 Å². The third kappa shape index (κ3) is 6.68. The first-order chi connectivity index (χ1) is 17.2. The summed E-state index contributed by atoms with van der Waals surface area (Å²) in [6, 6.07) is 13.7. The van der Waals surface area contributed by atoms with Gasteiger partial charge in [0.05, 0.1) is 5.56 Å². The van der Waals surface area contributed by atoms with Crippen LogP contribution in [-0.4, -0.2) is 55.5 Å². The summed E-state index contributed by atoms with van der Waals surface area (Å²) < 4.78 is 39.7. The lowest BCUT2D eigenvalue weighted by atomic mass is 9.79. The fraction of sp³-hybridized carbons (Fsp3) is 0.552. The fourth-order valence-electron chi connectivity index (χ4n) is 5.90. The normalized spacial score (nSPS) is 19.2. The third-order valence-electron chi connectivity index (χ3n) is 7.92. The molecule has 2 aliphatic rings. The van der Waals surface area contributed by atoms with Crippen molar-refractivity contribution in [3.05, 3.63) is 70.8 Å². The van der Waals surface area contributed by atoms with Crippen molar-refractivity contribution in [3.8, 4) is 0 Å². The molecule has 2 aromatic rings. The van der Waals surface area contributed by atoms with E-state index >= 15 is 0 Å². The van der Waals surface area contributed by atoms with Gasteiger partial charge in [0.2, 0.25) is 5.91 Å². The standard InChI is InChI=1S/C29H38F3N3O/c1-21-18-22(20-26(19-21)29(30,31)32)10-15-34(2)28(36)27(25-6-4-3-5-7-25)35-16-11-24(12-17-35)23-8-13-33-14-9-23/h3-7,18-20,23-24,27,33H,8-17H2,1-2H3. The van der Waals surface area contributed by atoms with Crippen molar-refractivity contribution in [2.24, 2.45) is 11.8 Å². The van der Waals surface area contributed by atoms with Crippen LogP contribution in [0.15, 0.2) is 48.5 Å². The molecule has 1 amide bonds. The number of likely N-dealkylation sites (tertiary alicyclic amines) is 1. The molecule has 1 N–H and O–H groups in total. The van der Waals surface area contributed by atoms with Crippen LogP contribution in [0.4, 0.5) is 13.2 Å². The Balaban J connectivity index is 1.43. The summed E-state index contributed by atoms with van der Waals surface area (Å²) in [6.45, 7) is 6.03. The van der Waals surface area contributed by atoms with Gasteiger partial charge in [-0.25, -0.2) is 0 Å². The van der Waals surface area contributed by atoms with Crippen molar-refractivity contribution in [1.82, 2.24) is 15.1 Å². The van der Waals surface area contributed by atoms with Crippen molar-refractivity contribution in [3.63, 3.8) is 0 Å². The number of nitrogens with one attached hydrogen (secondary N) is 1. The van der Waals surface area contributed by atoms with Crippen LogP contribution in [0.3, 0.4) is 0 Å². The molecule has 1 unspecified atom stereocenters. The maximum atomic E-state index is 13.7. The number of likely N-dealkylation sites (N-methyl/N-ethyl adjacent to an activating group) is 1. The predicted molar refractivity (Wildman–Crippen MR) is 137 cm³/mol. The third-order valence-corrected chi connectivity index (χ3v) is 7.92. The number of hydrogen-bond donors (Lipinski definition) is 1. The first-order valence-electron chi connectivity index (χ1n) is 13.1. The Labute approximate surface area is 212 Å². The van der Waals surface area contributed by atoms with Crippen LogP contribution in [0.25, 0.3) is 0 Å². The number of carbonyl (C=O) groups excluding carboxylic acids is 1. The summed E-state index contributed by atoms with van der Waals surface area (Å²) in [7, 11) is 1.76. The van der Waals surface area contributed by atoms with Gasteiger partial charge in [0.1, 0.15) is 6.04 Å². The first kappa shape index (κ1) is 26.7. The van der Waals surface area contributed by atoms with Gasteiger partial charge in [0, 0.05) is 13.6 Å². The number of rotatable bonds is 7. The van der Waals surface area contributed by atoms with E-state index in [1.165, 1.54) is 18.9 Å². The number of carbonyl (C=O) groups is 1. The van der Waals surface area contributed by atoms with Gasteiger partial charge in [-0.3, -0.25) is 9.69 Å². The van der Waals surface area contributed by atoms with Crippen molar-refractivity contribution in [2.45, 2.75) is 51.2 Å². The van der Waals surface area contributed by atoms with E-state index in [1.807, 2.05) is 30.3 Å². The van der Waals surface area contributed by atoms with E-state index in [1.54, 1.807) is 24.9 Å². The van der Waals surface area contributed by atoms with E-state index < -0.39 is 11.7 Å². The molecule has 0 aromatic heterocycles. The van der Waals surface area contributed by atoms with Gasteiger partial charge in [-0.1, -0.05) is 42.0 Å². The van der Waals surface area contributed by atoms with E-state index in [-0.39, 0.29) is 11.9 Å². The molecule has 2 saturated heterocycles. The van der Waals surface area contributed by atoms with Crippen LogP contribution in [-0.2, 0) is 17.4 Å². The maximum Gasteiger partial charge on any atom is 0.416 e. The SMILES string of the molecule is Cc1cc(CCN(C)C(=O)C(c2ccccc2)N2CCC(C3CCNCC3)CC2)cc(C(F)(F)F)c1. The van der Waals surface area contributed by atoms with Gasteiger partial charge < -0.3 is 10.2 Å². The van der Waals surface area contributed by atoms with Crippen molar-refractivity contribution < 1.29 is 18.0 Å². The second-order valence-electron chi connectivity index (χ2n) is 10.5. The lowest BCUT2D eigenvalue weighted by Gasteiger charge is -2.41. The number of halogens is 3. The van der Waals surface area contributed by atoms with Crippen LogP contribution in [0.5, 0.6) is 0 Å². The number of piperidine rings is 2. The Morgan fingerprint density at radius 3 is 2.31 bits per heavy atom. The quantitative estimate of drug-likeness (QED) is 0.547. The Morgan fingerprint density at radius 1 is 1.03 bits per heavy atom. The van der Waals surface area contributed by atoms with E-state index in [9.17, 15) is 18.0 Å². The number of hydrogen-bond acceptors (Lipinski definition) is 3. The topological polar surface area (TPSA) is 35.6 Å². The minimum atomic E-state index is -4.37. The lowest BCUT2D eigenvalue weighted by molar-refractivity contribution is -0.138. The molecule has 0 spiro atoms. The highest BCUT2D eigenvalue weighted by molar-refractivity contribution is 5.83. The summed E-state index contributed by atoms with van der Waals surface area (Å²) in [6.07, 6.45) is 0.698. The molecule has 0 aliphatic carbocycles. The molecule has 4 nitrogen and oxygen atoms in total. The minimum absolute atomic E-state index is 0.00483. The van der Waals surface area contributed by atoms with Gasteiger partial charge in [-0.15, -0.1) is 0 Å². The van der Waals surface area contributed by atoms with E-state index in [0.29, 0.717) is 24.1 Å². The number of alkyl halides is 3. The van der Waals surface area contributed by atoms with E-state index in [2.05, 4.69) is 10.2 Å². The predicted octanol–water partition coefficient (Wildman–Crippen LogP) is 5.47. The fourth-order valence-corrected chi connectivity index (χ4v) is 5.90. The average molecular weight is 502 g/mol. The zero-order valence-electron chi connectivity index (χ0n) is 21.4. The van der Waals surface area contributed by atoms with Crippen LogP contribution in [0.1, 0.15) is 54.0 Å². The summed E-state index contributed by atoms with van der Waals surface area (Å²) >= 11 is 0. The van der Waals surface area contributed by atoms with Gasteiger partial charge in [-0.05, 0) is 100 Å². The van der Waals surface area contributed by atoms with Crippen LogP contribution in [0, 0.1) is 18.8 Å². The number of nitrogens with zero attached hydrogens (tertiary/aromatic N) is 2. The highest BCUT2D eigenvalue weighted by atomic mass is 19.4. The van der Waals surface area contributed by atoms with Gasteiger partial charge in [0.15, 0.2) is 0 Å². The minimum Gasteiger partial charge on any atom is -0.344 e. The van der Waals surface area contributed by atoms with E-state index in [4.69, 9.17) is 0 Å². The molecular weight excluding hydrogens is 463 g/mol. The monoisotopic (exact) mass is 501 g/mol. The summed E-state index contributed by atoms with van der Waals surface area (Å²) in [4.78, 5) is 17.7. The summed E-state index contributed by atoms with van der Waals surface area (Å²) in [5.41, 5.74) is 1.52. The maximum absolute atomic E-state index is 13.7. The van der Waals surface area contributed by atoms with Crippen LogP contribution < -0.4 is 5.32 Å². The molecule has 4 rings (SSSR count). The molecule has 2 aliphatic heterocycles. The second kappa shape index (κ2) is 11.8. The van der Waals surface area contributed by atoms with Crippen LogP contribution in [0.2, 0.25) is 0 Å². The smallest absolute Gasteiger partial charge is 0.344 e. The Morgan fingerprint density at radius 2 is 1.67 bits per heavy atom. The second-order valence-corrected chi connectivity index (χ2v) is 10.5. The molecule has 196 valence electrons. The Bertz CT molecular complexity index is 997. The lowest BCUT2D eigenvalue weighted by Crippen LogP contribution is -2.46. The molecule has 0 bridgehead atoms. The molecule has 1 atom stereocenters. The first-order valence-corrected chi connectivity index (χ1v) is 13.1. The molecule has 36 heavy (non-hydrogen) atoms. The number of amides is 1. The van der Waals surface area contributed by atoms with E-state index in [0.717, 1.165) is 62.5 Å². The molecule has 0 radical (unpaired) electrons. The molecule has 7 heteroatoms. The van der Waals surface area contributed by atoms with Gasteiger partial charge in [0.25, 0.3) is 0 Å². The highest BCUT2D eigenvalue weighted by Gasteiger charge is 2.35. The Kier molecular flexibility index (Phi) is 8.73. The number of benzene rings is 2. The zero-order chi connectivity index (χ0) is 25.7. The van der Waals surface area contributed by atoms with Gasteiger partial charge in [-0.2, -0.15) is 13.2 Å². The largest absolute Gasteiger partial charge is 0.416 e. The molecule has 0 saturated carbocycles.